The molecule has 0 bridgehead atoms. The minimum atomic E-state index is -0.698. The van der Waals surface area contributed by atoms with Crippen molar-refractivity contribution in [3.63, 3.8) is 0 Å². The molecule has 6 nitrogen and oxygen atoms in total. The topological polar surface area (TPSA) is 69.8 Å². The van der Waals surface area contributed by atoms with Crippen LogP contribution in [0.1, 0.15) is 25.0 Å². The zero-order valence-corrected chi connectivity index (χ0v) is 12.1. The number of nitro benzene ring substituents is 1. The van der Waals surface area contributed by atoms with Crippen molar-refractivity contribution in [2.24, 2.45) is 0 Å². The fourth-order valence-electron chi connectivity index (χ4n) is 2.60. The Labute approximate surface area is 118 Å². The highest BCUT2D eigenvalue weighted by molar-refractivity contribution is 5.65. The average Bonchev–Trinajstić information content (AvgIpc) is 2.87. The van der Waals surface area contributed by atoms with E-state index in [1.165, 1.54) is 6.07 Å². The molecule has 0 saturated carbocycles. The van der Waals surface area contributed by atoms with Gasteiger partial charge in [-0.25, -0.2) is 0 Å². The van der Waals surface area contributed by atoms with Crippen molar-refractivity contribution in [3.05, 3.63) is 33.9 Å². The Bertz CT molecular complexity index is 502. The van der Waals surface area contributed by atoms with Crippen molar-refractivity contribution in [3.8, 4) is 0 Å². The van der Waals surface area contributed by atoms with Gasteiger partial charge in [0, 0.05) is 25.2 Å². The molecule has 0 amide bonds. The molecule has 1 unspecified atom stereocenters. The lowest BCUT2D eigenvalue weighted by molar-refractivity contribution is -0.384. The van der Waals surface area contributed by atoms with Crippen LogP contribution >= 0.6 is 0 Å². The van der Waals surface area contributed by atoms with E-state index in [1.54, 1.807) is 19.1 Å². The van der Waals surface area contributed by atoms with Gasteiger partial charge in [0.1, 0.15) is 5.69 Å². The van der Waals surface area contributed by atoms with Gasteiger partial charge in [-0.15, -0.1) is 0 Å². The number of aliphatic hydroxyl groups is 1. The minimum absolute atomic E-state index is 0.0720. The molecule has 1 aromatic carbocycles. The van der Waals surface area contributed by atoms with E-state index < -0.39 is 6.10 Å². The SMILES string of the molecule is C[C@H](O)c1ccc(N2CCC(N(C)C)C2)c([N+](=O)[O-])c1. The number of nitrogens with zero attached hydrogens (tertiary/aromatic N) is 3. The van der Waals surface area contributed by atoms with Gasteiger partial charge >= 0.3 is 0 Å². The Morgan fingerprint density at radius 2 is 2.20 bits per heavy atom. The summed E-state index contributed by atoms with van der Waals surface area (Å²) in [6.07, 6.45) is 0.304. The van der Waals surface area contributed by atoms with Crippen LogP contribution in [0.2, 0.25) is 0 Å². The van der Waals surface area contributed by atoms with Crippen LogP contribution in [-0.2, 0) is 0 Å². The first-order valence-corrected chi connectivity index (χ1v) is 6.78. The number of benzene rings is 1. The Morgan fingerprint density at radius 3 is 2.70 bits per heavy atom. The van der Waals surface area contributed by atoms with E-state index in [0.717, 1.165) is 19.5 Å². The molecule has 20 heavy (non-hydrogen) atoms. The molecular formula is C14H21N3O3. The predicted octanol–water partition coefficient (Wildman–Crippen LogP) is 1.79. The van der Waals surface area contributed by atoms with Crippen LogP contribution in [-0.4, -0.2) is 48.2 Å². The molecule has 1 saturated heterocycles. The molecule has 1 heterocycles. The Balaban J connectivity index is 2.30. The van der Waals surface area contributed by atoms with Crippen LogP contribution < -0.4 is 4.90 Å². The van der Waals surface area contributed by atoms with E-state index >= 15 is 0 Å². The molecule has 1 N–H and O–H groups in total. The molecule has 6 heteroatoms. The van der Waals surface area contributed by atoms with Gasteiger partial charge in [0.2, 0.25) is 0 Å². The number of hydrogen-bond donors (Lipinski definition) is 1. The number of rotatable bonds is 4. The smallest absolute Gasteiger partial charge is 0.292 e. The zero-order valence-electron chi connectivity index (χ0n) is 12.1. The second-order valence-electron chi connectivity index (χ2n) is 5.53. The second-order valence-corrected chi connectivity index (χ2v) is 5.53. The van der Waals surface area contributed by atoms with E-state index in [4.69, 9.17) is 0 Å². The van der Waals surface area contributed by atoms with Crippen molar-refractivity contribution in [2.75, 3.05) is 32.1 Å². The molecule has 1 aromatic rings. The molecule has 0 radical (unpaired) electrons. The number of anilines is 1. The first-order valence-electron chi connectivity index (χ1n) is 6.78. The summed E-state index contributed by atoms with van der Waals surface area (Å²) < 4.78 is 0. The average molecular weight is 279 g/mol. The predicted molar refractivity (Wildman–Crippen MR) is 78.0 cm³/mol. The highest BCUT2D eigenvalue weighted by Crippen LogP contribution is 2.33. The number of likely N-dealkylation sites (N-methyl/N-ethyl adjacent to an activating group) is 1. The van der Waals surface area contributed by atoms with Crippen LogP contribution in [0.25, 0.3) is 0 Å². The summed E-state index contributed by atoms with van der Waals surface area (Å²) in [6, 6.07) is 5.41. The third-order valence-corrected chi connectivity index (χ3v) is 3.91. The van der Waals surface area contributed by atoms with E-state index in [1.807, 2.05) is 14.1 Å². The van der Waals surface area contributed by atoms with Gasteiger partial charge in [0.15, 0.2) is 0 Å². The zero-order chi connectivity index (χ0) is 14.9. The van der Waals surface area contributed by atoms with Crippen molar-refractivity contribution in [2.45, 2.75) is 25.5 Å². The van der Waals surface area contributed by atoms with Crippen molar-refractivity contribution in [1.82, 2.24) is 4.90 Å². The lowest BCUT2D eigenvalue weighted by atomic mass is 10.1. The van der Waals surface area contributed by atoms with Crippen molar-refractivity contribution >= 4 is 11.4 Å². The molecule has 2 atom stereocenters. The Morgan fingerprint density at radius 1 is 1.50 bits per heavy atom. The molecule has 1 fully saturated rings. The molecule has 1 aliphatic rings. The maximum absolute atomic E-state index is 11.3. The Hall–Kier alpha value is -1.66. The number of nitro groups is 1. The molecule has 0 spiro atoms. The number of aliphatic hydroxyl groups excluding tert-OH is 1. The van der Waals surface area contributed by atoms with Crippen molar-refractivity contribution in [1.29, 1.82) is 0 Å². The van der Waals surface area contributed by atoms with Gasteiger partial charge in [-0.05, 0) is 39.1 Å². The van der Waals surface area contributed by atoms with Crippen LogP contribution in [0.15, 0.2) is 18.2 Å². The minimum Gasteiger partial charge on any atom is -0.389 e. The molecule has 1 aliphatic heterocycles. The van der Waals surface area contributed by atoms with Gasteiger partial charge in [0.25, 0.3) is 5.69 Å². The quantitative estimate of drug-likeness (QED) is 0.672. The van der Waals surface area contributed by atoms with Gasteiger partial charge in [0.05, 0.1) is 11.0 Å². The summed E-state index contributed by atoms with van der Waals surface area (Å²) in [5.41, 5.74) is 1.29. The second kappa shape index (κ2) is 5.76. The van der Waals surface area contributed by atoms with E-state index in [-0.39, 0.29) is 10.6 Å². The highest BCUT2D eigenvalue weighted by Gasteiger charge is 2.28. The van der Waals surface area contributed by atoms with Gasteiger partial charge in [-0.3, -0.25) is 10.1 Å². The number of hydrogen-bond acceptors (Lipinski definition) is 5. The summed E-state index contributed by atoms with van der Waals surface area (Å²) in [6.45, 7) is 3.22. The fourth-order valence-corrected chi connectivity index (χ4v) is 2.60. The molecule has 0 aromatic heterocycles. The fraction of sp³-hybridized carbons (Fsp3) is 0.571. The summed E-state index contributed by atoms with van der Waals surface area (Å²) in [7, 11) is 4.05. The maximum atomic E-state index is 11.3. The molecule has 110 valence electrons. The lowest BCUT2D eigenvalue weighted by Crippen LogP contribution is -2.31. The normalized spacial score (nSPS) is 20.4. The first-order chi connectivity index (χ1) is 9.40. The van der Waals surface area contributed by atoms with Gasteiger partial charge in [-0.1, -0.05) is 6.07 Å². The monoisotopic (exact) mass is 279 g/mol. The molecular weight excluding hydrogens is 258 g/mol. The highest BCUT2D eigenvalue weighted by atomic mass is 16.6. The maximum Gasteiger partial charge on any atom is 0.292 e. The van der Waals surface area contributed by atoms with E-state index in [9.17, 15) is 15.2 Å². The van der Waals surface area contributed by atoms with Crippen LogP contribution in [0.4, 0.5) is 11.4 Å². The molecule has 2 rings (SSSR count). The summed E-state index contributed by atoms with van der Waals surface area (Å²) >= 11 is 0. The summed E-state index contributed by atoms with van der Waals surface area (Å²) in [5, 5.41) is 20.8. The summed E-state index contributed by atoms with van der Waals surface area (Å²) in [4.78, 5) is 15.1. The standard InChI is InChI=1S/C14H21N3O3/c1-10(18)11-4-5-13(14(8-11)17(19)20)16-7-6-12(9-16)15(2)3/h4-5,8,10,12,18H,6-7,9H2,1-3H3/t10-,12?/m0/s1. The van der Waals surface area contributed by atoms with E-state index in [2.05, 4.69) is 9.80 Å². The largest absolute Gasteiger partial charge is 0.389 e. The van der Waals surface area contributed by atoms with Gasteiger partial charge in [-0.2, -0.15) is 0 Å². The van der Waals surface area contributed by atoms with Crippen LogP contribution in [0, 0.1) is 10.1 Å². The van der Waals surface area contributed by atoms with Crippen LogP contribution in [0.5, 0.6) is 0 Å². The third-order valence-electron chi connectivity index (χ3n) is 3.91. The van der Waals surface area contributed by atoms with E-state index in [0.29, 0.717) is 17.3 Å². The summed E-state index contributed by atoms with van der Waals surface area (Å²) in [5.74, 6) is 0. The van der Waals surface area contributed by atoms with Crippen LogP contribution in [0.3, 0.4) is 0 Å². The molecule has 0 aliphatic carbocycles. The lowest BCUT2D eigenvalue weighted by Gasteiger charge is -2.22. The Kier molecular flexibility index (Phi) is 4.25. The van der Waals surface area contributed by atoms with Crippen molar-refractivity contribution < 1.29 is 10.0 Å². The third kappa shape index (κ3) is 2.91. The van der Waals surface area contributed by atoms with Gasteiger partial charge < -0.3 is 14.9 Å². The first kappa shape index (κ1) is 14.7.